The van der Waals surface area contributed by atoms with Gasteiger partial charge in [-0.15, -0.1) is 0 Å². The van der Waals surface area contributed by atoms with Crippen molar-refractivity contribution in [1.29, 1.82) is 0 Å². The van der Waals surface area contributed by atoms with Crippen LogP contribution in [-0.4, -0.2) is 16.7 Å². The summed E-state index contributed by atoms with van der Waals surface area (Å²) in [7, 11) is 0. The zero-order valence-corrected chi connectivity index (χ0v) is 12.0. The van der Waals surface area contributed by atoms with Gasteiger partial charge in [-0.1, -0.05) is 32.6 Å². The van der Waals surface area contributed by atoms with Crippen LogP contribution >= 0.6 is 0 Å². The van der Waals surface area contributed by atoms with Crippen molar-refractivity contribution >= 4 is 0 Å². The second kappa shape index (κ2) is 4.66. The van der Waals surface area contributed by atoms with Gasteiger partial charge in [-0.2, -0.15) is 0 Å². The monoisotopic (exact) mass is 226 g/mol. The fraction of sp³-hybridized carbons (Fsp3) is 1.00. The molecule has 1 saturated heterocycles. The molecule has 1 aliphatic heterocycles. The lowest BCUT2D eigenvalue weighted by Gasteiger charge is -2.33. The minimum absolute atomic E-state index is 0.112. The van der Waals surface area contributed by atoms with Crippen LogP contribution < -0.4 is 10.6 Å². The highest BCUT2D eigenvalue weighted by Gasteiger charge is 2.50. The van der Waals surface area contributed by atoms with E-state index in [4.69, 9.17) is 0 Å². The van der Waals surface area contributed by atoms with E-state index in [1.54, 1.807) is 0 Å². The molecule has 2 heteroatoms. The number of nitrogens with one attached hydrogen (secondary N) is 2. The molecule has 0 bridgehead atoms. The van der Waals surface area contributed by atoms with Gasteiger partial charge in [0.15, 0.2) is 0 Å². The van der Waals surface area contributed by atoms with Crippen molar-refractivity contribution in [3.63, 3.8) is 0 Å². The van der Waals surface area contributed by atoms with E-state index < -0.39 is 0 Å². The van der Waals surface area contributed by atoms with Crippen LogP contribution in [0.3, 0.4) is 0 Å². The van der Waals surface area contributed by atoms with E-state index in [2.05, 4.69) is 52.2 Å². The van der Waals surface area contributed by atoms with E-state index in [0.717, 1.165) is 0 Å². The minimum Gasteiger partial charge on any atom is -0.293 e. The van der Waals surface area contributed by atoms with Crippen molar-refractivity contribution < 1.29 is 0 Å². The fourth-order valence-electron chi connectivity index (χ4n) is 2.75. The predicted molar refractivity (Wildman–Crippen MR) is 71.6 cm³/mol. The molecule has 0 aromatic rings. The van der Waals surface area contributed by atoms with E-state index >= 15 is 0 Å². The van der Waals surface area contributed by atoms with Crippen molar-refractivity contribution in [3.05, 3.63) is 0 Å². The van der Waals surface area contributed by atoms with Gasteiger partial charge >= 0.3 is 0 Å². The number of hydrogen-bond donors (Lipinski definition) is 2. The predicted octanol–water partition coefficient (Wildman–Crippen LogP) is 3.42. The molecule has 1 heterocycles. The van der Waals surface area contributed by atoms with Gasteiger partial charge in [-0.3, -0.25) is 10.6 Å². The van der Waals surface area contributed by atoms with Gasteiger partial charge < -0.3 is 0 Å². The molecule has 0 aliphatic carbocycles. The molecule has 0 aromatic carbocycles. The van der Waals surface area contributed by atoms with E-state index in [1.165, 1.54) is 32.1 Å². The van der Waals surface area contributed by atoms with Crippen LogP contribution in [0, 0.1) is 0 Å². The summed E-state index contributed by atoms with van der Waals surface area (Å²) in [6, 6.07) is 0. The van der Waals surface area contributed by atoms with Crippen LogP contribution in [0.15, 0.2) is 0 Å². The SMILES string of the molecule is CCCCCCC1(C)NC(C)(C)C(C)(C)N1. The lowest BCUT2D eigenvalue weighted by atomic mass is 9.85. The molecule has 1 aliphatic rings. The highest BCUT2D eigenvalue weighted by Crippen LogP contribution is 2.33. The molecular weight excluding hydrogens is 196 g/mol. The zero-order chi connectivity index (χ0) is 12.4. The molecule has 0 spiro atoms. The first-order valence-electron chi connectivity index (χ1n) is 6.81. The molecule has 0 aromatic heterocycles. The molecule has 96 valence electrons. The summed E-state index contributed by atoms with van der Waals surface area (Å²) >= 11 is 0. The third-order valence-electron chi connectivity index (χ3n) is 4.27. The Labute approximate surface area is 102 Å². The van der Waals surface area contributed by atoms with Crippen LogP contribution in [0.25, 0.3) is 0 Å². The molecule has 16 heavy (non-hydrogen) atoms. The van der Waals surface area contributed by atoms with Crippen LogP contribution in [0.1, 0.15) is 73.6 Å². The number of unbranched alkanes of at least 4 members (excludes halogenated alkanes) is 3. The normalized spacial score (nSPS) is 25.9. The average molecular weight is 226 g/mol. The van der Waals surface area contributed by atoms with Crippen molar-refractivity contribution in [1.82, 2.24) is 10.6 Å². The maximum absolute atomic E-state index is 3.76. The third-order valence-corrected chi connectivity index (χ3v) is 4.27. The van der Waals surface area contributed by atoms with E-state index in [9.17, 15) is 0 Å². The van der Waals surface area contributed by atoms with Crippen molar-refractivity contribution in [2.45, 2.75) is 90.4 Å². The lowest BCUT2D eigenvalue weighted by Crippen LogP contribution is -2.51. The largest absolute Gasteiger partial charge is 0.293 e. The molecule has 0 saturated carbocycles. The van der Waals surface area contributed by atoms with Gasteiger partial charge in [0.1, 0.15) is 0 Å². The standard InChI is InChI=1S/C14H30N2/c1-7-8-9-10-11-14(6)15-12(2,3)13(4,5)16-14/h15-16H,7-11H2,1-6H3. The van der Waals surface area contributed by atoms with Gasteiger partial charge in [-0.05, 0) is 41.0 Å². The Bertz CT molecular complexity index is 215. The summed E-state index contributed by atoms with van der Waals surface area (Å²) < 4.78 is 0. The molecule has 1 fully saturated rings. The maximum atomic E-state index is 3.76. The van der Waals surface area contributed by atoms with Crippen molar-refractivity contribution in [2.75, 3.05) is 0 Å². The zero-order valence-electron chi connectivity index (χ0n) is 12.0. The molecule has 2 nitrogen and oxygen atoms in total. The molecule has 0 amide bonds. The van der Waals surface area contributed by atoms with Crippen LogP contribution in [0.2, 0.25) is 0 Å². The fourth-order valence-corrected chi connectivity index (χ4v) is 2.75. The summed E-state index contributed by atoms with van der Waals surface area (Å²) in [6.45, 7) is 13.7. The van der Waals surface area contributed by atoms with Gasteiger partial charge in [0, 0.05) is 11.1 Å². The lowest BCUT2D eigenvalue weighted by molar-refractivity contribution is 0.295. The Balaban J connectivity index is 2.48. The summed E-state index contributed by atoms with van der Waals surface area (Å²) in [5, 5.41) is 7.53. The van der Waals surface area contributed by atoms with Crippen LogP contribution in [0.4, 0.5) is 0 Å². The first kappa shape index (κ1) is 14.0. The van der Waals surface area contributed by atoms with Crippen LogP contribution in [-0.2, 0) is 0 Å². The van der Waals surface area contributed by atoms with Crippen LogP contribution in [0.5, 0.6) is 0 Å². The number of hydrogen-bond acceptors (Lipinski definition) is 2. The molecule has 1 rings (SSSR count). The first-order chi connectivity index (χ1) is 7.22. The quantitative estimate of drug-likeness (QED) is 0.702. The summed E-state index contributed by atoms with van der Waals surface area (Å²) in [4.78, 5) is 0. The van der Waals surface area contributed by atoms with E-state index in [0.29, 0.717) is 0 Å². The molecular formula is C14H30N2. The first-order valence-corrected chi connectivity index (χ1v) is 6.81. The van der Waals surface area contributed by atoms with Gasteiger partial charge in [-0.25, -0.2) is 0 Å². The second-order valence-corrected chi connectivity index (χ2v) is 6.64. The topological polar surface area (TPSA) is 24.1 Å². The highest BCUT2D eigenvalue weighted by atomic mass is 15.3. The number of rotatable bonds is 5. The Hall–Kier alpha value is -0.0800. The summed E-state index contributed by atoms with van der Waals surface area (Å²) in [6.07, 6.45) is 6.57. The Kier molecular flexibility index (Phi) is 4.07. The van der Waals surface area contributed by atoms with Crippen molar-refractivity contribution in [3.8, 4) is 0 Å². The Morgan fingerprint density at radius 1 is 0.750 bits per heavy atom. The van der Waals surface area contributed by atoms with Gasteiger partial charge in [0.2, 0.25) is 0 Å². The maximum Gasteiger partial charge on any atom is 0.0667 e. The van der Waals surface area contributed by atoms with Gasteiger partial charge in [0.25, 0.3) is 0 Å². The van der Waals surface area contributed by atoms with E-state index in [1.807, 2.05) is 0 Å². The summed E-state index contributed by atoms with van der Waals surface area (Å²) in [5.74, 6) is 0. The second-order valence-electron chi connectivity index (χ2n) is 6.64. The Morgan fingerprint density at radius 3 is 1.69 bits per heavy atom. The third kappa shape index (κ3) is 2.98. The summed E-state index contributed by atoms with van der Waals surface area (Å²) in [5.41, 5.74) is 0.430. The van der Waals surface area contributed by atoms with Gasteiger partial charge in [0.05, 0.1) is 5.66 Å². The minimum atomic E-state index is 0.112. The Morgan fingerprint density at radius 2 is 1.25 bits per heavy atom. The molecule has 0 radical (unpaired) electrons. The smallest absolute Gasteiger partial charge is 0.0667 e. The van der Waals surface area contributed by atoms with E-state index in [-0.39, 0.29) is 16.7 Å². The van der Waals surface area contributed by atoms with Crippen molar-refractivity contribution in [2.24, 2.45) is 0 Å². The highest BCUT2D eigenvalue weighted by molar-refractivity contribution is 5.12. The molecule has 2 N–H and O–H groups in total. The average Bonchev–Trinajstić information content (AvgIpc) is 2.26. The molecule has 0 atom stereocenters. The molecule has 0 unspecified atom stereocenters.